The molecule has 0 aromatic carbocycles. The number of aryl methyl sites for hydroxylation is 1. The summed E-state index contributed by atoms with van der Waals surface area (Å²) in [5, 5.41) is 3.27. The molecule has 0 saturated carbocycles. The van der Waals surface area contributed by atoms with Crippen LogP contribution in [0, 0.1) is 6.92 Å². The van der Waals surface area contributed by atoms with Crippen LogP contribution in [0.3, 0.4) is 0 Å². The number of nitrogens with zero attached hydrogens (tertiary/aromatic N) is 2. The summed E-state index contributed by atoms with van der Waals surface area (Å²) >= 11 is 11.9. The Kier molecular flexibility index (Phi) is 4.61. The van der Waals surface area contributed by atoms with E-state index in [4.69, 9.17) is 23.2 Å². The number of halogens is 2. The number of rotatable bonds is 5. The Morgan fingerprint density at radius 1 is 1.27 bits per heavy atom. The fraction of sp³-hybridized carbons (Fsp3) is 0.600. The minimum absolute atomic E-state index is 0.302. The SMILES string of the molecule is CCC(CCl)(CCl)Nc1nccnc1C. The molecular weight excluding hydrogens is 233 g/mol. The monoisotopic (exact) mass is 247 g/mol. The van der Waals surface area contributed by atoms with Gasteiger partial charge in [-0.2, -0.15) is 0 Å². The summed E-state index contributed by atoms with van der Waals surface area (Å²) in [6.07, 6.45) is 4.16. The lowest BCUT2D eigenvalue weighted by molar-refractivity contribution is 0.556. The van der Waals surface area contributed by atoms with Crippen molar-refractivity contribution in [3.05, 3.63) is 18.1 Å². The van der Waals surface area contributed by atoms with Gasteiger partial charge >= 0.3 is 0 Å². The van der Waals surface area contributed by atoms with Crippen LogP contribution in [-0.4, -0.2) is 27.3 Å². The molecular formula is C10H15Cl2N3. The van der Waals surface area contributed by atoms with Gasteiger partial charge in [0.25, 0.3) is 0 Å². The van der Waals surface area contributed by atoms with Crippen LogP contribution < -0.4 is 5.32 Å². The van der Waals surface area contributed by atoms with E-state index in [1.54, 1.807) is 12.4 Å². The van der Waals surface area contributed by atoms with Gasteiger partial charge in [0.1, 0.15) is 5.82 Å². The highest BCUT2D eigenvalue weighted by molar-refractivity contribution is 6.22. The smallest absolute Gasteiger partial charge is 0.147 e. The van der Waals surface area contributed by atoms with Crippen LogP contribution in [0.25, 0.3) is 0 Å². The number of alkyl halides is 2. The highest BCUT2D eigenvalue weighted by Gasteiger charge is 2.26. The van der Waals surface area contributed by atoms with Crippen molar-refractivity contribution < 1.29 is 0 Å². The van der Waals surface area contributed by atoms with Gasteiger partial charge in [-0.15, -0.1) is 23.2 Å². The molecule has 1 N–H and O–H groups in total. The number of anilines is 1. The Labute approximate surface area is 100 Å². The Morgan fingerprint density at radius 3 is 2.33 bits per heavy atom. The summed E-state index contributed by atoms with van der Waals surface area (Å²) in [4.78, 5) is 8.37. The van der Waals surface area contributed by atoms with Gasteiger partial charge in [0.2, 0.25) is 0 Å². The van der Waals surface area contributed by atoms with Crippen LogP contribution in [0.2, 0.25) is 0 Å². The van der Waals surface area contributed by atoms with E-state index in [-0.39, 0.29) is 5.54 Å². The van der Waals surface area contributed by atoms with E-state index in [0.717, 1.165) is 17.9 Å². The van der Waals surface area contributed by atoms with Crippen LogP contribution in [0.4, 0.5) is 5.82 Å². The zero-order valence-electron chi connectivity index (χ0n) is 8.93. The first kappa shape index (κ1) is 12.5. The normalized spacial score (nSPS) is 11.5. The highest BCUT2D eigenvalue weighted by atomic mass is 35.5. The molecule has 84 valence electrons. The lowest BCUT2D eigenvalue weighted by Gasteiger charge is -2.30. The van der Waals surface area contributed by atoms with Crippen LogP contribution in [0.5, 0.6) is 0 Å². The number of hydrogen-bond acceptors (Lipinski definition) is 3. The highest BCUT2D eigenvalue weighted by Crippen LogP contribution is 2.21. The van der Waals surface area contributed by atoms with Crippen molar-refractivity contribution in [1.82, 2.24) is 9.97 Å². The van der Waals surface area contributed by atoms with E-state index in [1.165, 1.54) is 0 Å². The first-order chi connectivity index (χ1) is 7.17. The Hall–Kier alpha value is -0.540. The molecule has 0 unspecified atom stereocenters. The molecule has 0 aliphatic carbocycles. The van der Waals surface area contributed by atoms with Crippen LogP contribution in [-0.2, 0) is 0 Å². The van der Waals surface area contributed by atoms with Gasteiger partial charge in [0.15, 0.2) is 0 Å². The number of nitrogens with one attached hydrogen (secondary N) is 1. The van der Waals surface area contributed by atoms with Crippen molar-refractivity contribution in [3.63, 3.8) is 0 Å². The number of hydrogen-bond donors (Lipinski definition) is 1. The van der Waals surface area contributed by atoms with Crippen molar-refractivity contribution in [2.45, 2.75) is 25.8 Å². The standard InChI is InChI=1S/C10H15Cl2N3/c1-3-10(6-11,7-12)15-9-8(2)13-4-5-14-9/h4-5H,3,6-7H2,1-2H3,(H,14,15). The fourth-order valence-corrected chi connectivity index (χ4v) is 1.96. The zero-order valence-corrected chi connectivity index (χ0v) is 10.4. The van der Waals surface area contributed by atoms with Gasteiger partial charge < -0.3 is 5.32 Å². The summed E-state index contributed by atoms with van der Waals surface area (Å²) in [6.45, 7) is 3.95. The maximum atomic E-state index is 5.93. The third kappa shape index (κ3) is 2.95. The van der Waals surface area contributed by atoms with Gasteiger partial charge in [0.05, 0.1) is 11.2 Å². The second-order valence-corrected chi connectivity index (χ2v) is 4.05. The lowest BCUT2D eigenvalue weighted by atomic mass is 10.0. The summed E-state index contributed by atoms with van der Waals surface area (Å²) in [5.41, 5.74) is 0.551. The molecule has 3 nitrogen and oxygen atoms in total. The van der Waals surface area contributed by atoms with Gasteiger partial charge in [-0.3, -0.25) is 4.98 Å². The van der Waals surface area contributed by atoms with Crippen molar-refractivity contribution in [1.29, 1.82) is 0 Å². The van der Waals surface area contributed by atoms with E-state index in [9.17, 15) is 0 Å². The van der Waals surface area contributed by atoms with E-state index in [1.807, 2.05) is 13.8 Å². The van der Waals surface area contributed by atoms with Gasteiger partial charge in [-0.25, -0.2) is 4.98 Å². The first-order valence-corrected chi connectivity index (χ1v) is 5.92. The van der Waals surface area contributed by atoms with Gasteiger partial charge in [-0.1, -0.05) is 6.92 Å². The molecule has 15 heavy (non-hydrogen) atoms. The summed E-state index contributed by atoms with van der Waals surface area (Å²) in [6, 6.07) is 0. The molecule has 1 aromatic heterocycles. The molecule has 5 heteroatoms. The van der Waals surface area contributed by atoms with Gasteiger partial charge in [-0.05, 0) is 13.3 Å². The third-order valence-corrected chi connectivity index (χ3v) is 3.48. The fourth-order valence-electron chi connectivity index (χ4n) is 1.16. The van der Waals surface area contributed by atoms with Crippen LogP contribution >= 0.6 is 23.2 Å². The maximum Gasteiger partial charge on any atom is 0.147 e. The molecule has 0 aliphatic heterocycles. The second kappa shape index (κ2) is 5.52. The largest absolute Gasteiger partial charge is 0.361 e. The predicted octanol–water partition coefficient (Wildman–Crippen LogP) is 2.82. The molecule has 0 atom stereocenters. The molecule has 0 radical (unpaired) electrons. The molecule has 0 saturated heterocycles. The topological polar surface area (TPSA) is 37.8 Å². The summed E-state index contributed by atoms with van der Waals surface area (Å²) in [5.74, 6) is 1.65. The van der Waals surface area contributed by atoms with Gasteiger partial charge in [0, 0.05) is 24.2 Å². The Balaban J connectivity index is 2.88. The van der Waals surface area contributed by atoms with Crippen LogP contribution in [0.1, 0.15) is 19.0 Å². The molecule has 0 aliphatic rings. The summed E-state index contributed by atoms with van der Waals surface area (Å²) < 4.78 is 0. The molecule has 1 rings (SSSR count). The Morgan fingerprint density at radius 2 is 1.87 bits per heavy atom. The van der Waals surface area contributed by atoms with Crippen molar-refractivity contribution in [2.75, 3.05) is 17.1 Å². The molecule has 1 heterocycles. The predicted molar refractivity (Wildman–Crippen MR) is 64.9 cm³/mol. The third-order valence-electron chi connectivity index (χ3n) is 2.45. The average molecular weight is 248 g/mol. The summed E-state index contributed by atoms with van der Waals surface area (Å²) in [7, 11) is 0. The average Bonchev–Trinajstić information content (AvgIpc) is 2.29. The molecule has 0 spiro atoms. The molecule has 0 bridgehead atoms. The lowest BCUT2D eigenvalue weighted by Crippen LogP contribution is -2.42. The van der Waals surface area contributed by atoms with E-state index >= 15 is 0 Å². The molecule has 0 fully saturated rings. The molecule has 1 aromatic rings. The second-order valence-electron chi connectivity index (χ2n) is 3.52. The maximum absolute atomic E-state index is 5.93. The zero-order chi connectivity index (χ0) is 11.3. The molecule has 0 amide bonds. The van der Waals surface area contributed by atoms with E-state index in [0.29, 0.717) is 11.8 Å². The first-order valence-electron chi connectivity index (χ1n) is 4.85. The Bertz CT molecular complexity index is 305. The van der Waals surface area contributed by atoms with Crippen molar-refractivity contribution in [3.8, 4) is 0 Å². The number of aromatic nitrogens is 2. The minimum atomic E-state index is -0.302. The quantitative estimate of drug-likeness (QED) is 0.814. The van der Waals surface area contributed by atoms with Crippen molar-refractivity contribution >= 4 is 29.0 Å². The minimum Gasteiger partial charge on any atom is -0.361 e. The van der Waals surface area contributed by atoms with Crippen molar-refractivity contribution in [2.24, 2.45) is 0 Å². The van der Waals surface area contributed by atoms with Crippen LogP contribution in [0.15, 0.2) is 12.4 Å². The van der Waals surface area contributed by atoms with E-state index in [2.05, 4.69) is 15.3 Å². The van der Waals surface area contributed by atoms with E-state index < -0.39 is 0 Å².